The van der Waals surface area contributed by atoms with Crippen molar-refractivity contribution in [3.05, 3.63) is 11.8 Å². The SMILES string of the molecule is Cc1cc(NCCCC(C)CO)nc(N)n1. The van der Waals surface area contributed by atoms with Crippen LogP contribution in [-0.2, 0) is 0 Å². The van der Waals surface area contributed by atoms with Crippen LogP contribution < -0.4 is 11.1 Å². The van der Waals surface area contributed by atoms with Crippen molar-refractivity contribution in [2.45, 2.75) is 26.7 Å². The van der Waals surface area contributed by atoms with Crippen molar-refractivity contribution in [2.75, 3.05) is 24.2 Å². The Labute approximate surface area is 96.1 Å². The lowest BCUT2D eigenvalue weighted by Gasteiger charge is -2.09. The first-order valence-corrected chi connectivity index (χ1v) is 5.57. The first-order chi connectivity index (χ1) is 7.61. The summed E-state index contributed by atoms with van der Waals surface area (Å²) < 4.78 is 0. The molecule has 0 radical (unpaired) electrons. The number of nitrogen functional groups attached to an aromatic ring is 1. The Morgan fingerprint density at radius 3 is 2.88 bits per heavy atom. The van der Waals surface area contributed by atoms with Crippen LogP contribution in [0.5, 0.6) is 0 Å². The minimum Gasteiger partial charge on any atom is -0.396 e. The van der Waals surface area contributed by atoms with Gasteiger partial charge in [-0.15, -0.1) is 0 Å². The van der Waals surface area contributed by atoms with Gasteiger partial charge in [0.2, 0.25) is 5.95 Å². The van der Waals surface area contributed by atoms with E-state index in [1.54, 1.807) is 0 Å². The van der Waals surface area contributed by atoms with Gasteiger partial charge >= 0.3 is 0 Å². The molecule has 1 rings (SSSR count). The van der Waals surface area contributed by atoms with Gasteiger partial charge in [0.25, 0.3) is 0 Å². The Bertz CT molecular complexity index is 310. The van der Waals surface area contributed by atoms with E-state index < -0.39 is 0 Å². The molecule has 1 aromatic rings. The van der Waals surface area contributed by atoms with Gasteiger partial charge in [0, 0.05) is 24.9 Å². The lowest BCUT2D eigenvalue weighted by molar-refractivity contribution is 0.229. The fourth-order valence-electron chi connectivity index (χ4n) is 1.44. The van der Waals surface area contributed by atoms with Crippen molar-refractivity contribution in [1.29, 1.82) is 0 Å². The summed E-state index contributed by atoms with van der Waals surface area (Å²) in [6.07, 6.45) is 2.01. The third-order valence-corrected chi connectivity index (χ3v) is 2.36. The van der Waals surface area contributed by atoms with Crippen LogP contribution in [0, 0.1) is 12.8 Å². The smallest absolute Gasteiger partial charge is 0.222 e. The van der Waals surface area contributed by atoms with E-state index in [2.05, 4.69) is 15.3 Å². The second kappa shape index (κ2) is 6.27. The molecule has 0 aliphatic heterocycles. The number of rotatable bonds is 6. The number of nitrogens with zero attached hydrogens (tertiary/aromatic N) is 2. The van der Waals surface area contributed by atoms with Crippen LogP contribution in [-0.4, -0.2) is 28.2 Å². The topological polar surface area (TPSA) is 84.1 Å². The summed E-state index contributed by atoms with van der Waals surface area (Å²) in [5, 5.41) is 12.1. The highest BCUT2D eigenvalue weighted by atomic mass is 16.3. The number of aliphatic hydroxyl groups is 1. The van der Waals surface area contributed by atoms with E-state index in [9.17, 15) is 0 Å². The second-order valence-corrected chi connectivity index (χ2v) is 4.11. The number of hydrogen-bond acceptors (Lipinski definition) is 5. The standard InChI is InChI=1S/C11H20N4O/c1-8(7-16)4-3-5-13-10-6-9(2)14-11(12)15-10/h6,8,16H,3-5,7H2,1-2H3,(H3,12,13,14,15). The number of anilines is 2. The molecule has 0 aliphatic rings. The lowest BCUT2D eigenvalue weighted by atomic mass is 10.1. The van der Waals surface area contributed by atoms with Crippen molar-refractivity contribution in [1.82, 2.24) is 9.97 Å². The fourth-order valence-corrected chi connectivity index (χ4v) is 1.44. The highest BCUT2D eigenvalue weighted by Crippen LogP contribution is 2.08. The quantitative estimate of drug-likeness (QED) is 0.632. The van der Waals surface area contributed by atoms with Crippen LogP contribution >= 0.6 is 0 Å². The fraction of sp³-hybridized carbons (Fsp3) is 0.636. The zero-order chi connectivity index (χ0) is 12.0. The van der Waals surface area contributed by atoms with Gasteiger partial charge in [-0.25, -0.2) is 4.98 Å². The Kier molecular flexibility index (Phi) is 4.98. The third-order valence-electron chi connectivity index (χ3n) is 2.36. The number of nitrogens with one attached hydrogen (secondary N) is 1. The van der Waals surface area contributed by atoms with Crippen molar-refractivity contribution in [2.24, 2.45) is 5.92 Å². The van der Waals surface area contributed by atoms with E-state index in [1.165, 1.54) is 0 Å². The van der Waals surface area contributed by atoms with Crippen molar-refractivity contribution >= 4 is 11.8 Å². The molecule has 90 valence electrons. The maximum atomic E-state index is 8.87. The maximum absolute atomic E-state index is 8.87. The molecule has 5 heteroatoms. The van der Waals surface area contributed by atoms with Gasteiger partial charge in [0.1, 0.15) is 5.82 Å². The Morgan fingerprint density at radius 2 is 2.25 bits per heavy atom. The van der Waals surface area contributed by atoms with Crippen LogP contribution in [0.3, 0.4) is 0 Å². The monoisotopic (exact) mass is 224 g/mol. The minimum absolute atomic E-state index is 0.250. The maximum Gasteiger partial charge on any atom is 0.222 e. The number of hydrogen-bond donors (Lipinski definition) is 3. The lowest BCUT2D eigenvalue weighted by Crippen LogP contribution is -2.09. The Balaban J connectivity index is 2.32. The molecule has 1 aromatic heterocycles. The van der Waals surface area contributed by atoms with Crippen molar-refractivity contribution in [3.8, 4) is 0 Å². The van der Waals surface area contributed by atoms with E-state index in [-0.39, 0.29) is 6.61 Å². The molecule has 0 fully saturated rings. The molecule has 0 saturated heterocycles. The molecule has 1 heterocycles. The molecule has 1 atom stereocenters. The van der Waals surface area contributed by atoms with Crippen LogP contribution in [0.1, 0.15) is 25.5 Å². The number of aryl methyl sites for hydroxylation is 1. The summed E-state index contributed by atoms with van der Waals surface area (Å²) in [5.74, 6) is 1.42. The van der Waals surface area contributed by atoms with Gasteiger partial charge in [-0.1, -0.05) is 6.92 Å². The van der Waals surface area contributed by atoms with Crippen molar-refractivity contribution in [3.63, 3.8) is 0 Å². The third kappa shape index (κ3) is 4.44. The first-order valence-electron chi connectivity index (χ1n) is 5.57. The molecule has 0 amide bonds. The Morgan fingerprint density at radius 1 is 1.50 bits per heavy atom. The second-order valence-electron chi connectivity index (χ2n) is 4.11. The van der Waals surface area contributed by atoms with E-state index in [4.69, 9.17) is 10.8 Å². The largest absolute Gasteiger partial charge is 0.396 e. The minimum atomic E-state index is 0.250. The van der Waals surface area contributed by atoms with Crippen LogP contribution in [0.2, 0.25) is 0 Å². The molecule has 4 N–H and O–H groups in total. The summed E-state index contributed by atoms with van der Waals surface area (Å²) in [6, 6.07) is 1.87. The molecule has 0 aliphatic carbocycles. The van der Waals surface area contributed by atoms with Crippen LogP contribution in [0.4, 0.5) is 11.8 Å². The average molecular weight is 224 g/mol. The number of nitrogens with two attached hydrogens (primary N) is 1. The molecule has 0 aromatic carbocycles. The summed E-state index contributed by atoms with van der Waals surface area (Å²) in [6.45, 7) is 5.00. The van der Waals surface area contributed by atoms with Gasteiger partial charge in [0.15, 0.2) is 0 Å². The average Bonchev–Trinajstić information content (AvgIpc) is 2.22. The zero-order valence-corrected chi connectivity index (χ0v) is 9.90. The molecule has 0 bridgehead atoms. The van der Waals surface area contributed by atoms with E-state index in [0.717, 1.165) is 30.9 Å². The highest BCUT2D eigenvalue weighted by Gasteiger charge is 2.01. The van der Waals surface area contributed by atoms with Gasteiger partial charge < -0.3 is 16.2 Å². The van der Waals surface area contributed by atoms with Crippen molar-refractivity contribution < 1.29 is 5.11 Å². The molecule has 16 heavy (non-hydrogen) atoms. The van der Waals surface area contributed by atoms with Crippen LogP contribution in [0.15, 0.2) is 6.07 Å². The molecular formula is C11H20N4O. The van der Waals surface area contributed by atoms with Crippen LogP contribution in [0.25, 0.3) is 0 Å². The number of aromatic nitrogens is 2. The zero-order valence-electron chi connectivity index (χ0n) is 9.90. The molecule has 1 unspecified atom stereocenters. The predicted molar refractivity (Wildman–Crippen MR) is 65.2 cm³/mol. The highest BCUT2D eigenvalue weighted by molar-refractivity contribution is 5.39. The summed E-state index contributed by atoms with van der Waals surface area (Å²) >= 11 is 0. The molecule has 0 spiro atoms. The predicted octanol–water partition coefficient (Wildman–Crippen LogP) is 1.19. The Hall–Kier alpha value is -1.36. The number of aliphatic hydroxyl groups excluding tert-OH is 1. The molecular weight excluding hydrogens is 204 g/mol. The van der Waals surface area contributed by atoms with E-state index in [1.807, 2.05) is 19.9 Å². The molecule has 5 nitrogen and oxygen atoms in total. The summed E-state index contributed by atoms with van der Waals surface area (Å²) in [5.41, 5.74) is 6.40. The van der Waals surface area contributed by atoms with Gasteiger partial charge in [-0.2, -0.15) is 4.98 Å². The normalized spacial score (nSPS) is 12.4. The molecule has 0 saturated carbocycles. The first kappa shape index (κ1) is 12.7. The summed E-state index contributed by atoms with van der Waals surface area (Å²) in [7, 11) is 0. The van der Waals surface area contributed by atoms with Gasteiger partial charge in [0.05, 0.1) is 0 Å². The summed E-state index contributed by atoms with van der Waals surface area (Å²) in [4.78, 5) is 8.07. The van der Waals surface area contributed by atoms with Gasteiger partial charge in [-0.05, 0) is 25.7 Å². The van der Waals surface area contributed by atoms with E-state index in [0.29, 0.717) is 11.9 Å². The van der Waals surface area contributed by atoms with E-state index >= 15 is 0 Å². The van der Waals surface area contributed by atoms with Gasteiger partial charge in [-0.3, -0.25) is 0 Å².